The first-order valence-electron chi connectivity index (χ1n) is 8.77. The molecule has 0 saturated heterocycles. The lowest BCUT2D eigenvalue weighted by atomic mass is 10.1. The first kappa shape index (κ1) is 20.5. The number of halogens is 1. The monoisotopic (exact) mass is 352 g/mol. The molecule has 0 aliphatic carbocycles. The average Bonchev–Trinajstić information content (AvgIpc) is 2.56. The number of amides is 2. The zero-order chi connectivity index (χ0) is 18.1. The molecule has 2 atom stereocenters. The van der Waals surface area contributed by atoms with E-state index in [4.69, 9.17) is 11.6 Å². The molecule has 1 aromatic rings. The Hall–Kier alpha value is -1.55. The molecule has 0 unspecified atom stereocenters. The summed E-state index contributed by atoms with van der Waals surface area (Å²) in [5, 5.41) is 3.61. The Bertz CT molecular complexity index is 548. The fraction of sp³-hybridized carbons (Fsp3) is 0.579. The average molecular weight is 353 g/mol. The minimum Gasteiger partial charge on any atom is -0.352 e. The van der Waals surface area contributed by atoms with E-state index in [2.05, 4.69) is 5.32 Å². The van der Waals surface area contributed by atoms with E-state index in [1.807, 2.05) is 45.9 Å². The molecule has 1 N–H and O–H groups in total. The van der Waals surface area contributed by atoms with Gasteiger partial charge in [-0.25, -0.2) is 0 Å². The van der Waals surface area contributed by atoms with Crippen LogP contribution in [0.25, 0.3) is 0 Å². The largest absolute Gasteiger partial charge is 0.352 e. The summed E-state index contributed by atoms with van der Waals surface area (Å²) in [6.07, 6.45) is 2.61. The molecule has 4 nitrogen and oxygen atoms in total. The smallest absolute Gasteiger partial charge is 0.243 e. The van der Waals surface area contributed by atoms with E-state index < -0.39 is 6.04 Å². The van der Waals surface area contributed by atoms with E-state index in [0.717, 1.165) is 18.4 Å². The molecule has 0 aliphatic rings. The Morgan fingerprint density at radius 3 is 2.38 bits per heavy atom. The molecule has 0 fully saturated rings. The maximum atomic E-state index is 12.6. The van der Waals surface area contributed by atoms with Crippen LogP contribution in [0.4, 0.5) is 0 Å². The first-order valence-corrected chi connectivity index (χ1v) is 9.15. The molecule has 0 bridgehead atoms. The third kappa shape index (κ3) is 5.82. The summed E-state index contributed by atoms with van der Waals surface area (Å²) >= 11 is 6.25. The normalized spacial score (nSPS) is 13.2. The SMILES string of the molecule is CCCC(=O)N(Cc1ccccc1Cl)[C@@H](CC)C(=O)N[C@H](C)CC. The molecule has 0 aliphatic heterocycles. The second kappa shape index (κ2) is 10.3. The molecule has 1 aromatic carbocycles. The summed E-state index contributed by atoms with van der Waals surface area (Å²) in [6, 6.07) is 7.07. The quantitative estimate of drug-likeness (QED) is 0.725. The lowest BCUT2D eigenvalue weighted by Gasteiger charge is -2.31. The van der Waals surface area contributed by atoms with Crippen LogP contribution in [0.3, 0.4) is 0 Å². The molecule has 0 saturated carbocycles. The van der Waals surface area contributed by atoms with Crippen molar-refractivity contribution >= 4 is 23.4 Å². The van der Waals surface area contributed by atoms with E-state index in [1.165, 1.54) is 0 Å². The maximum absolute atomic E-state index is 12.6. The number of carbonyl (C=O) groups is 2. The molecule has 0 aromatic heterocycles. The number of hydrogen-bond donors (Lipinski definition) is 1. The number of nitrogens with one attached hydrogen (secondary N) is 1. The Labute approximate surface area is 150 Å². The Kier molecular flexibility index (Phi) is 8.83. The van der Waals surface area contributed by atoms with Crippen LogP contribution in [-0.4, -0.2) is 28.8 Å². The van der Waals surface area contributed by atoms with Crippen molar-refractivity contribution in [1.82, 2.24) is 10.2 Å². The van der Waals surface area contributed by atoms with Crippen LogP contribution < -0.4 is 5.32 Å². The van der Waals surface area contributed by atoms with Crippen LogP contribution >= 0.6 is 11.6 Å². The van der Waals surface area contributed by atoms with E-state index in [0.29, 0.717) is 24.4 Å². The van der Waals surface area contributed by atoms with Crippen LogP contribution in [0.15, 0.2) is 24.3 Å². The van der Waals surface area contributed by atoms with E-state index >= 15 is 0 Å². The fourth-order valence-corrected chi connectivity index (χ4v) is 2.72. The van der Waals surface area contributed by atoms with Gasteiger partial charge in [0.15, 0.2) is 0 Å². The fourth-order valence-electron chi connectivity index (χ4n) is 2.53. The molecule has 2 amide bonds. The van der Waals surface area contributed by atoms with Crippen molar-refractivity contribution in [2.24, 2.45) is 0 Å². The Balaban J connectivity index is 3.04. The van der Waals surface area contributed by atoms with Crippen LogP contribution in [0.5, 0.6) is 0 Å². The molecule has 1 rings (SSSR count). The summed E-state index contributed by atoms with van der Waals surface area (Å²) < 4.78 is 0. The minimum atomic E-state index is -0.477. The van der Waals surface area contributed by atoms with Gasteiger partial charge in [-0.15, -0.1) is 0 Å². The Morgan fingerprint density at radius 1 is 1.17 bits per heavy atom. The van der Waals surface area contributed by atoms with E-state index in [9.17, 15) is 9.59 Å². The highest BCUT2D eigenvalue weighted by molar-refractivity contribution is 6.31. The van der Waals surface area contributed by atoms with Crippen molar-refractivity contribution in [3.63, 3.8) is 0 Å². The number of benzene rings is 1. The topological polar surface area (TPSA) is 49.4 Å². The Morgan fingerprint density at radius 2 is 1.83 bits per heavy atom. The zero-order valence-corrected chi connectivity index (χ0v) is 15.9. The van der Waals surface area contributed by atoms with Crippen LogP contribution in [-0.2, 0) is 16.1 Å². The lowest BCUT2D eigenvalue weighted by Crippen LogP contribution is -2.50. The standard InChI is InChI=1S/C19H29ClN2O2/c1-5-10-18(23)22(13-15-11-8-9-12-16(15)20)17(7-3)19(24)21-14(4)6-2/h8-9,11-12,14,17H,5-7,10,13H2,1-4H3,(H,21,24)/t14-,17+/m1/s1. The van der Waals surface area contributed by atoms with E-state index in [-0.39, 0.29) is 17.9 Å². The molecule has 0 spiro atoms. The van der Waals surface area contributed by atoms with Crippen molar-refractivity contribution in [3.8, 4) is 0 Å². The zero-order valence-electron chi connectivity index (χ0n) is 15.1. The van der Waals surface area contributed by atoms with Crippen molar-refractivity contribution in [1.29, 1.82) is 0 Å². The van der Waals surface area contributed by atoms with Crippen LogP contribution in [0.2, 0.25) is 5.02 Å². The summed E-state index contributed by atoms with van der Waals surface area (Å²) in [6.45, 7) is 8.24. The van der Waals surface area contributed by atoms with Crippen LogP contribution in [0, 0.1) is 0 Å². The van der Waals surface area contributed by atoms with Crippen molar-refractivity contribution < 1.29 is 9.59 Å². The predicted octanol–water partition coefficient (Wildman–Crippen LogP) is 4.16. The van der Waals surface area contributed by atoms with E-state index in [1.54, 1.807) is 11.0 Å². The predicted molar refractivity (Wildman–Crippen MR) is 98.9 cm³/mol. The molecular formula is C19H29ClN2O2. The van der Waals surface area contributed by atoms with Gasteiger partial charge in [-0.1, -0.05) is 50.6 Å². The van der Waals surface area contributed by atoms with Gasteiger partial charge in [-0.3, -0.25) is 9.59 Å². The van der Waals surface area contributed by atoms with Gasteiger partial charge in [0.25, 0.3) is 0 Å². The molecular weight excluding hydrogens is 324 g/mol. The highest BCUT2D eigenvalue weighted by Gasteiger charge is 2.29. The first-order chi connectivity index (χ1) is 11.4. The summed E-state index contributed by atoms with van der Waals surface area (Å²) in [7, 11) is 0. The maximum Gasteiger partial charge on any atom is 0.243 e. The van der Waals surface area contributed by atoms with Gasteiger partial charge < -0.3 is 10.2 Å². The molecule has 0 heterocycles. The molecule has 5 heteroatoms. The van der Waals surface area contributed by atoms with Gasteiger partial charge in [-0.2, -0.15) is 0 Å². The van der Waals surface area contributed by atoms with Gasteiger partial charge in [-0.05, 0) is 37.8 Å². The van der Waals surface area contributed by atoms with Gasteiger partial charge >= 0.3 is 0 Å². The number of carbonyl (C=O) groups excluding carboxylic acids is 2. The van der Waals surface area contributed by atoms with Gasteiger partial charge in [0.2, 0.25) is 11.8 Å². The molecule has 24 heavy (non-hydrogen) atoms. The number of rotatable bonds is 9. The van der Waals surface area contributed by atoms with Gasteiger partial charge in [0.05, 0.1) is 0 Å². The second-order valence-corrected chi connectivity index (χ2v) is 6.51. The van der Waals surface area contributed by atoms with Gasteiger partial charge in [0.1, 0.15) is 6.04 Å². The molecule has 134 valence electrons. The third-order valence-electron chi connectivity index (χ3n) is 4.15. The van der Waals surface area contributed by atoms with Crippen molar-refractivity contribution in [2.75, 3.05) is 0 Å². The van der Waals surface area contributed by atoms with Crippen LogP contribution in [0.1, 0.15) is 58.9 Å². The summed E-state index contributed by atoms with van der Waals surface area (Å²) in [5.41, 5.74) is 0.860. The van der Waals surface area contributed by atoms with Gasteiger partial charge in [0, 0.05) is 24.0 Å². The number of nitrogens with zero attached hydrogens (tertiary/aromatic N) is 1. The summed E-state index contributed by atoms with van der Waals surface area (Å²) in [4.78, 5) is 26.9. The lowest BCUT2D eigenvalue weighted by molar-refractivity contribution is -0.141. The second-order valence-electron chi connectivity index (χ2n) is 6.10. The van der Waals surface area contributed by atoms with Crippen molar-refractivity contribution in [2.45, 2.75) is 72.0 Å². The highest BCUT2D eigenvalue weighted by atomic mass is 35.5. The number of hydrogen-bond acceptors (Lipinski definition) is 2. The highest BCUT2D eigenvalue weighted by Crippen LogP contribution is 2.20. The molecule has 0 radical (unpaired) electrons. The third-order valence-corrected chi connectivity index (χ3v) is 4.52. The minimum absolute atomic E-state index is 0.0106. The van der Waals surface area contributed by atoms with Crippen molar-refractivity contribution in [3.05, 3.63) is 34.9 Å². The summed E-state index contributed by atoms with van der Waals surface area (Å²) in [5.74, 6) is -0.105.